The first-order valence-electron chi connectivity index (χ1n) is 8.88. The van der Waals surface area contributed by atoms with Gasteiger partial charge in [-0.3, -0.25) is 4.68 Å². The van der Waals surface area contributed by atoms with Crippen molar-refractivity contribution in [3.63, 3.8) is 0 Å². The summed E-state index contributed by atoms with van der Waals surface area (Å²) in [5.74, 6) is 0. The molecule has 2 amide bonds. The highest BCUT2D eigenvalue weighted by Crippen LogP contribution is 2.22. The van der Waals surface area contributed by atoms with Gasteiger partial charge in [-0.1, -0.05) is 0 Å². The molecular formula is C18H33N5O. The Morgan fingerprint density at radius 1 is 1.42 bits per heavy atom. The second-order valence-corrected chi connectivity index (χ2v) is 8.16. The van der Waals surface area contributed by atoms with Gasteiger partial charge >= 0.3 is 6.03 Å². The van der Waals surface area contributed by atoms with Gasteiger partial charge in [-0.25, -0.2) is 4.79 Å². The number of nitrogens with one attached hydrogen (secondary N) is 1. The molecule has 2 heterocycles. The fourth-order valence-corrected chi connectivity index (χ4v) is 3.16. The van der Waals surface area contributed by atoms with Gasteiger partial charge in [0.05, 0.1) is 17.3 Å². The van der Waals surface area contributed by atoms with E-state index in [1.54, 1.807) is 0 Å². The van der Waals surface area contributed by atoms with Crippen LogP contribution in [0.15, 0.2) is 6.20 Å². The van der Waals surface area contributed by atoms with E-state index in [9.17, 15) is 4.79 Å². The molecule has 1 fully saturated rings. The Morgan fingerprint density at radius 3 is 2.62 bits per heavy atom. The molecule has 1 N–H and O–H groups in total. The highest BCUT2D eigenvalue weighted by Gasteiger charge is 2.26. The van der Waals surface area contributed by atoms with Crippen LogP contribution in [-0.2, 0) is 5.54 Å². The van der Waals surface area contributed by atoms with Crippen LogP contribution in [0.25, 0.3) is 0 Å². The van der Waals surface area contributed by atoms with Crippen LogP contribution < -0.4 is 5.32 Å². The molecule has 1 aromatic heterocycles. The van der Waals surface area contributed by atoms with Crippen LogP contribution in [-0.4, -0.2) is 58.8 Å². The van der Waals surface area contributed by atoms with Crippen molar-refractivity contribution < 1.29 is 4.79 Å². The number of aromatic nitrogens is 2. The number of piperidine rings is 1. The molecule has 0 bridgehead atoms. The number of carbonyl (C=O) groups excluding carboxylic acids is 1. The van der Waals surface area contributed by atoms with Crippen LogP contribution in [0, 0.1) is 6.92 Å². The maximum atomic E-state index is 12.6. The Morgan fingerprint density at radius 2 is 2.08 bits per heavy atom. The number of amides is 2. The smallest absolute Gasteiger partial charge is 0.317 e. The minimum absolute atomic E-state index is 0.0250. The first kappa shape index (κ1) is 18.8. The maximum absolute atomic E-state index is 12.6. The molecule has 0 aliphatic carbocycles. The van der Waals surface area contributed by atoms with Crippen molar-refractivity contribution >= 4 is 6.03 Å². The van der Waals surface area contributed by atoms with E-state index in [0.717, 1.165) is 37.2 Å². The minimum Gasteiger partial charge on any atom is -0.331 e. The molecule has 2 atom stereocenters. The number of nitrogens with zero attached hydrogens (tertiary/aromatic N) is 4. The summed E-state index contributed by atoms with van der Waals surface area (Å²) < 4.78 is 1.98. The van der Waals surface area contributed by atoms with E-state index in [2.05, 4.69) is 56.4 Å². The third kappa shape index (κ3) is 4.29. The molecule has 6 heteroatoms. The third-order valence-electron chi connectivity index (χ3n) is 4.84. The number of urea groups is 1. The third-order valence-corrected chi connectivity index (χ3v) is 4.84. The van der Waals surface area contributed by atoms with E-state index in [1.807, 2.05) is 23.4 Å². The monoisotopic (exact) mass is 335 g/mol. The maximum Gasteiger partial charge on any atom is 0.317 e. The first-order chi connectivity index (χ1) is 11.1. The summed E-state index contributed by atoms with van der Waals surface area (Å²) in [4.78, 5) is 16.8. The Balaban J connectivity index is 2.02. The van der Waals surface area contributed by atoms with Crippen LogP contribution in [0.1, 0.15) is 57.8 Å². The second kappa shape index (κ2) is 7.13. The number of likely N-dealkylation sites (N-methyl/N-ethyl adjacent to an activating group) is 1. The summed E-state index contributed by atoms with van der Waals surface area (Å²) in [5.41, 5.74) is 2.00. The Kier molecular flexibility index (Phi) is 5.58. The highest BCUT2D eigenvalue weighted by atomic mass is 16.2. The SMILES string of the molecule is Cc1nn(C(C)(C)C)cc1[C@@H](C)NC(=O)N1CCC[C@H](N(C)C)C1. The van der Waals surface area contributed by atoms with Gasteiger partial charge < -0.3 is 15.1 Å². The predicted octanol–water partition coefficient (Wildman–Crippen LogP) is 2.74. The summed E-state index contributed by atoms with van der Waals surface area (Å²) in [6.45, 7) is 12.0. The Hall–Kier alpha value is -1.56. The lowest BCUT2D eigenvalue weighted by molar-refractivity contribution is 0.138. The van der Waals surface area contributed by atoms with Crippen LogP contribution in [0.4, 0.5) is 4.79 Å². The average Bonchev–Trinajstić information content (AvgIpc) is 2.89. The van der Waals surface area contributed by atoms with Crippen molar-refractivity contribution in [2.24, 2.45) is 0 Å². The molecule has 1 aliphatic heterocycles. The van der Waals surface area contributed by atoms with E-state index < -0.39 is 0 Å². The van der Waals surface area contributed by atoms with Crippen molar-refractivity contribution in [2.75, 3.05) is 27.2 Å². The fraction of sp³-hybridized carbons (Fsp3) is 0.778. The molecule has 0 spiro atoms. The summed E-state index contributed by atoms with van der Waals surface area (Å²) in [7, 11) is 4.16. The molecule has 2 rings (SSSR count). The van der Waals surface area contributed by atoms with E-state index in [1.165, 1.54) is 0 Å². The zero-order valence-corrected chi connectivity index (χ0v) is 16.3. The number of hydrogen-bond acceptors (Lipinski definition) is 3. The minimum atomic E-state index is -0.0570. The summed E-state index contributed by atoms with van der Waals surface area (Å²) in [6, 6.07) is 0.426. The molecule has 24 heavy (non-hydrogen) atoms. The van der Waals surface area contributed by atoms with Gasteiger partial charge in [-0.2, -0.15) is 5.10 Å². The molecule has 1 saturated heterocycles. The van der Waals surface area contributed by atoms with Gasteiger partial charge in [-0.15, -0.1) is 0 Å². The number of rotatable bonds is 3. The predicted molar refractivity (Wildman–Crippen MR) is 97.2 cm³/mol. The quantitative estimate of drug-likeness (QED) is 0.924. The number of carbonyl (C=O) groups is 1. The molecule has 1 aliphatic rings. The first-order valence-corrected chi connectivity index (χ1v) is 8.88. The lowest BCUT2D eigenvalue weighted by Gasteiger charge is -2.36. The molecule has 136 valence electrons. The fourth-order valence-electron chi connectivity index (χ4n) is 3.16. The molecule has 0 saturated carbocycles. The zero-order chi connectivity index (χ0) is 18.1. The Labute approximate surface area is 146 Å². The topological polar surface area (TPSA) is 53.4 Å². The van der Waals surface area contributed by atoms with Crippen molar-refractivity contribution in [2.45, 2.75) is 65.1 Å². The van der Waals surface area contributed by atoms with Crippen molar-refractivity contribution in [3.8, 4) is 0 Å². The van der Waals surface area contributed by atoms with Gasteiger partial charge in [-0.05, 0) is 61.6 Å². The molecule has 6 nitrogen and oxygen atoms in total. The van der Waals surface area contributed by atoms with Crippen LogP contribution in [0.2, 0.25) is 0 Å². The van der Waals surface area contributed by atoms with E-state index in [0.29, 0.717) is 6.04 Å². The van der Waals surface area contributed by atoms with E-state index in [-0.39, 0.29) is 17.6 Å². The lowest BCUT2D eigenvalue weighted by atomic mass is 10.1. The molecule has 0 unspecified atom stereocenters. The normalized spacial score (nSPS) is 20.3. The summed E-state index contributed by atoms with van der Waals surface area (Å²) >= 11 is 0. The number of likely N-dealkylation sites (tertiary alicyclic amines) is 1. The van der Waals surface area contributed by atoms with Crippen LogP contribution >= 0.6 is 0 Å². The van der Waals surface area contributed by atoms with Crippen LogP contribution in [0.3, 0.4) is 0 Å². The summed E-state index contributed by atoms with van der Waals surface area (Å²) in [6.07, 6.45) is 4.27. The van der Waals surface area contributed by atoms with Gasteiger partial charge in [0.2, 0.25) is 0 Å². The van der Waals surface area contributed by atoms with E-state index >= 15 is 0 Å². The lowest BCUT2D eigenvalue weighted by Crippen LogP contribution is -2.51. The Bertz CT molecular complexity index is 572. The van der Waals surface area contributed by atoms with Gasteiger partial charge in [0.1, 0.15) is 0 Å². The van der Waals surface area contributed by atoms with Crippen molar-refractivity contribution in [3.05, 3.63) is 17.5 Å². The van der Waals surface area contributed by atoms with Gasteiger partial charge in [0.25, 0.3) is 0 Å². The van der Waals surface area contributed by atoms with E-state index in [4.69, 9.17) is 0 Å². The van der Waals surface area contributed by atoms with Crippen molar-refractivity contribution in [1.29, 1.82) is 0 Å². The number of hydrogen-bond donors (Lipinski definition) is 1. The van der Waals surface area contributed by atoms with Gasteiger partial charge in [0.15, 0.2) is 0 Å². The molecule has 0 radical (unpaired) electrons. The van der Waals surface area contributed by atoms with Crippen molar-refractivity contribution in [1.82, 2.24) is 24.9 Å². The van der Waals surface area contributed by atoms with Crippen LogP contribution in [0.5, 0.6) is 0 Å². The average molecular weight is 335 g/mol. The molecular weight excluding hydrogens is 302 g/mol. The number of aryl methyl sites for hydroxylation is 1. The molecule has 0 aromatic carbocycles. The highest BCUT2D eigenvalue weighted by molar-refractivity contribution is 5.74. The molecule has 1 aromatic rings. The zero-order valence-electron chi connectivity index (χ0n) is 16.3. The standard InChI is InChI=1S/C18H33N5O/c1-13(16-12-23(18(3,4)5)20-14(16)2)19-17(24)22-10-8-9-15(11-22)21(6)7/h12-13,15H,8-11H2,1-7H3,(H,19,24)/t13-,15+/m1/s1. The van der Waals surface area contributed by atoms with Gasteiger partial charge in [0, 0.05) is 30.9 Å². The second-order valence-electron chi connectivity index (χ2n) is 8.16. The summed E-state index contributed by atoms with van der Waals surface area (Å²) in [5, 5.41) is 7.75. The largest absolute Gasteiger partial charge is 0.331 e.